The first-order valence-corrected chi connectivity index (χ1v) is 19.7. The number of hydrogen-bond acceptors (Lipinski definition) is 3. The van der Waals surface area contributed by atoms with E-state index >= 15 is 0 Å². The van der Waals surface area contributed by atoms with Crippen molar-refractivity contribution in [3.05, 3.63) is 179 Å². The molecule has 4 heterocycles. The van der Waals surface area contributed by atoms with Crippen LogP contribution in [0.1, 0.15) is 34.2 Å². The van der Waals surface area contributed by atoms with E-state index in [9.17, 15) is 0 Å². The first-order valence-electron chi connectivity index (χ1n) is 19.7. The van der Waals surface area contributed by atoms with Gasteiger partial charge in [0.2, 0.25) is 0 Å². The van der Waals surface area contributed by atoms with E-state index in [1.54, 1.807) is 0 Å². The van der Waals surface area contributed by atoms with Crippen LogP contribution in [-0.4, -0.2) is 19.5 Å². The summed E-state index contributed by atoms with van der Waals surface area (Å²) >= 11 is 0. The minimum Gasteiger partial charge on any atom is -0.398 e. The van der Waals surface area contributed by atoms with E-state index in [-0.39, 0.29) is 0 Å². The average molecular weight is 720 g/mol. The number of benzene rings is 5. The van der Waals surface area contributed by atoms with Crippen LogP contribution in [0, 0.1) is 0 Å². The number of nitrogens with zero attached hydrogens (tertiary/aromatic N) is 3. The Bertz CT molecular complexity index is 3280. The fourth-order valence-corrected chi connectivity index (χ4v) is 9.75. The van der Waals surface area contributed by atoms with Crippen molar-refractivity contribution in [2.24, 2.45) is 5.73 Å². The quantitative estimate of drug-likeness (QED) is 0.190. The van der Waals surface area contributed by atoms with Crippen LogP contribution in [-0.2, 0) is 25.7 Å². The van der Waals surface area contributed by atoms with Gasteiger partial charge in [-0.3, -0.25) is 4.57 Å². The number of hydrogen-bond donors (Lipinski definition) is 2. The molecule has 0 spiro atoms. The molecule has 5 heteroatoms. The van der Waals surface area contributed by atoms with E-state index in [1.807, 2.05) is 18.3 Å². The number of nitrogens with one attached hydrogen (secondary N) is 1. The van der Waals surface area contributed by atoms with E-state index in [0.717, 1.165) is 76.9 Å². The van der Waals surface area contributed by atoms with Gasteiger partial charge in [0.05, 0.1) is 27.8 Å². The van der Waals surface area contributed by atoms with E-state index in [2.05, 4.69) is 137 Å². The lowest BCUT2D eigenvalue weighted by Gasteiger charge is -2.31. The number of pyridine rings is 2. The second-order valence-electron chi connectivity index (χ2n) is 15.5. The molecule has 3 aliphatic carbocycles. The van der Waals surface area contributed by atoms with Gasteiger partial charge in [0.15, 0.2) is 0 Å². The minimum absolute atomic E-state index is 0.766. The number of aromatic amines is 1. The number of para-hydroxylation sites is 1. The van der Waals surface area contributed by atoms with Crippen LogP contribution in [0.15, 0.2) is 151 Å². The Balaban J connectivity index is 1.05. The van der Waals surface area contributed by atoms with Gasteiger partial charge < -0.3 is 10.7 Å². The third-order valence-electron chi connectivity index (χ3n) is 12.3. The van der Waals surface area contributed by atoms with E-state index in [1.165, 1.54) is 77.0 Å². The first-order chi connectivity index (χ1) is 27.7. The normalized spacial score (nSPS) is 15.6. The van der Waals surface area contributed by atoms with Crippen molar-refractivity contribution in [3.63, 3.8) is 0 Å². The van der Waals surface area contributed by atoms with Crippen LogP contribution < -0.4 is 5.73 Å². The van der Waals surface area contributed by atoms with Crippen molar-refractivity contribution >= 4 is 60.2 Å². The summed E-state index contributed by atoms with van der Waals surface area (Å²) in [4.78, 5) is 13.8. The molecule has 266 valence electrons. The Morgan fingerprint density at radius 3 is 2.46 bits per heavy atom. The largest absolute Gasteiger partial charge is 0.398 e. The number of rotatable bonds is 4. The van der Waals surface area contributed by atoms with Crippen LogP contribution >= 0.6 is 0 Å². The first kappa shape index (κ1) is 31.4. The van der Waals surface area contributed by atoms with Crippen LogP contribution in [0.4, 0.5) is 0 Å². The standard InChI is InChI=1S/C51H37N5/c52-42(21-13-30-8-2-1-3-9-30)32-18-24-46-39(26-32)41-29-35-15-14-34-28-40-38-27-33(44-22-16-31-10-4-5-11-43(31)54-44)17-23-45(38)55-50(40)36-19-20-37(49(35)48(34)36)51(41)56(46)47-12-6-7-25-53-47/h1-8,10-13,16-18,21-29,55H,9,14-15,19-20,52H2/b30-13-,42-21-. The van der Waals surface area contributed by atoms with Crippen LogP contribution in [0.3, 0.4) is 0 Å². The molecule has 4 aromatic heterocycles. The molecule has 0 saturated carbocycles. The number of fused-ring (bicyclic) bond motifs is 9. The summed E-state index contributed by atoms with van der Waals surface area (Å²) in [6, 6.07) is 37.3. The summed E-state index contributed by atoms with van der Waals surface area (Å²) in [7, 11) is 0. The summed E-state index contributed by atoms with van der Waals surface area (Å²) in [5.41, 5.74) is 26.5. The van der Waals surface area contributed by atoms with Crippen LogP contribution in [0.2, 0.25) is 0 Å². The Morgan fingerprint density at radius 2 is 1.59 bits per heavy atom. The maximum atomic E-state index is 6.77. The van der Waals surface area contributed by atoms with Gasteiger partial charge in [0.25, 0.3) is 0 Å². The molecule has 0 unspecified atom stereocenters. The second-order valence-corrected chi connectivity index (χ2v) is 15.5. The summed E-state index contributed by atoms with van der Waals surface area (Å²) in [5.74, 6) is 0.937. The number of allylic oxidation sites excluding steroid dienone is 7. The fourth-order valence-electron chi connectivity index (χ4n) is 9.75. The van der Waals surface area contributed by atoms with Gasteiger partial charge in [0.1, 0.15) is 5.82 Å². The molecule has 0 saturated heterocycles. The van der Waals surface area contributed by atoms with Crippen LogP contribution in [0.25, 0.3) is 88.4 Å². The van der Waals surface area contributed by atoms with Crippen molar-refractivity contribution in [3.8, 4) is 28.2 Å². The maximum absolute atomic E-state index is 6.77. The van der Waals surface area contributed by atoms with Gasteiger partial charge in [-0.05, 0) is 143 Å². The van der Waals surface area contributed by atoms with Gasteiger partial charge in [0, 0.05) is 49.9 Å². The molecule has 0 aliphatic heterocycles. The minimum atomic E-state index is 0.766. The lowest BCUT2D eigenvalue weighted by molar-refractivity contribution is 0.884. The molecule has 3 aliphatic rings. The highest BCUT2D eigenvalue weighted by atomic mass is 15.1. The van der Waals surface area contributed by atoms with Gasteiger partial charge in [-0.25, -0.2) is 9.97 Å². The monoisotopic (exact) mass is 719 g/mol. The molecule has 56 heavy (non-hydrogen) atoms. The Morgan fingerprint density at radius 1 is 0.732 bits per heavy atom. The highest BCUT2D eigenvalue weighted by Gasteiger charge is 2.32. The van der Waals surface area contributed by atoms with Crippen molar-refractivity contribution in [2.45, 2.75) is 32.1 Å². The number of aryl methyl sites for hydroxylation is 4. The highest BCUT2D eigenvalue weighted by molar-refractivity contribution is 6.16. The van der Waals surface area contributed by atoms with E-state index in [4.69, 9.17) is 15.7 Å². The Kier molecular flexibility index (Phi) is 6.73. The predicted octanol–water partition coefficient (Wildman–Crippen LogP) is 11.6. The molecule has 12 rings (SSSR count). The van der Waals surface area contributed by atoms with E-state index in [0.29, 0.717) is 0 Å². The lowest BCUT2D eigenvalue weighted by Crippen LogP contribution is -2.15. The van der Waals surface area contributed by atoms with Crippen molar-refractivity contribution in [2.75, 3.05) is 0 Å². The highest BCUT2D eigenvalue weighted by Crippen LogP contribution is 2.50. The van der Waals surface area contributed by atoms with Crippen molar-refractivity contribution in [1.82, 2.24) is 19.5 Å². The average Bonchev–Trinajstić information content (AvgIpc) is 3.79. The van der Waals surface area contributed by atoms with Gasteiger partial charge in [-0.15, -0.1) is 0 Å². The summed E-state index contributed by atoms with van der Waals surface area (Å²) in [6.45, 7) is 0. The summed E-state index contributed by atoms with van der Waals surface area (Å²) < 4.78 is 2.40. The van der Waals surface area contributed by atoms with Gasteiger partial charge in [-0.2, -0.15) is 0 Å². The number of nitrogens with two attached hydrogens (primary N) is 1. The molecule has 0 amide bonds. The van der Waals surface area contributed by atoms with E-state index < -0.39 is 0 Å². The second kappa shape index (κ2) is 12.0. The maximum Gasteiger partial charge on any atom is 0.137 e. The molecule has 9 aromatic rings. The Labute approximate surface area is 323 Å². The molecule has 0 fully saturated rings. The zero-order valence-corrected chi connectivity index (χ0v) is 30.8. The molecule has 0 bridgehead atoms. The molecule has 3 N–H and O–H groups in total. The smallest absolute Gasteiger partial charge is 0.137 e. The van der Waals surface area contributed by atoms with Gasteiger partial charge in [-0.1, -0.05) is 72.8 Å². The third kappa shape index (κ3) is 4.67. The molecule has 5 nitrogen and oxygen atoms in total. The fraction of sp³-hybridized carbons (Fsp3) is 0.0980. The molecular weight excluding hydrogens is 683 g/mol. The van der Waals surface area contributed by atoms with Crippen molar-refractivity contribution < 1.29 is 0 Å². The molecular formula is C51H37N5. The van der Waals surface area contributed by atoms with Crippen molar-refractivity contribution in [1.29, 1.82) is 0 Å². The van der Waals surface area contributed by atoms with Crippen LogP contribution in [0.5, 0.6) is 0 Å². The predicted molar refractivity (Wildman–Crippen MR) is 232 cm³/mol. The summed E-state index contributed by atoms with van der Waals surface area (Å²) in [5, 5.41) is 6.23. The SMILES string of the molecule is N/C(=C\C=C1\C=CC=CC1)c1ccc2c(c1)c1cc3c4c(c1n2-c1ccccn1)CCc1c-4c(cc2c1[nH]c1ccc(-c4ccc5ccccc5n4)cc12)CC3. The number of aromatic nitrogens is 4. The molecule has 0 radical (unpaired) electrons. The Hall–Kier alpha value is -6.98. The molecule has 5 aromatic carbocycles. The molecule has 0 atom stereocenters. The zero-order chi connectivity index (χ0) is 36.9. The summed E-state index contributed by atoms with van der Waals surface area (Å²) in [6.07, 6.45) is 19.5. The zero-order valence-electron chi connectivity index (χ0n) is 30.8. The van der Waals surface area contributed by atoms with Gasteiger partial charge >= 0.3 is 0 Å². The lowest BCUT2D eigenvalue weighted by atomic mass is 9.74. The number of H-pyrrole nitrogens is 1. The topological polar surface area (TPSA) is 72.5 Å². The third-order valence-corrected chi connectivity index (χ3v) is 12.3.